The van der Waals surface area contributed by atoms with E-state index in [0.29, 0.717) is 6.04 Å². The summed E-state index contributed by atoms with van der Waals surface area (Å²) in [5.74, 6) is 0. The van der Waals surface area contributed by atoms with Gasteiger partial charge in [0.05, 0.1) is 0 Å². The fraction of sp³-hybridized carbons (Fsp3) is 0.600. The number of hydrogen-bond acceptors (Lipinski definition) is 2. The Morgan fingerprint density at radius 2 is 2.42 bits per heavy atom. The lowest BCUT2D eigenvalue weighted by atomic mass is 9.92. The third-order valence-electron chi connectivity index (χ3n) is 2.77. The fourth-order valence-corrected chi connectivity index (χ4v) is 2.99. The van der Waals surface area contributed by atoms with Crippen LogP contribution in [0.15, 0.2) is 5.38 Å². The molecule has 1 nitrogen and oxygen atoms in total. The van der Waals surface area contributed by atoms with Gasteiger partial charge in [-0.15, -0.1) is 11.3 Å². The van der Waals surface area contributed by atoms with E-state index in [1.165, 1.54) is 24.8 Å². The molecule has 1 aliphatic rings. The van der Waals surface area contributed by atoms with Gasteiger partial charge in [0, 0.05) is 10.9 Å². The Morgan fingerprint density at radius 1 is 1.58 bits per heavy atom. The minimum absolute atomic E-state index is 0.714. The molecule has 0 aliphatic heterocycles. The average molecular weight is 181 g/mol. The van der Waals surface area contributed by atoms with Gasteiger partial charge in [0.1, 0.15) is 0 Å². The highest BCUT2D eigenvalue weighted by atomic mass is 32.1. The Kier molecular flexibility index (Phi) is 2.20. The molecule has 12 heavy (non-hydrogen) atoms. The van der Waals surface area contributed by atoms with Gasteiger partial charge in [-0.25, -0.2) is 0 Å². The number of rotatable bonds is 1. The van der Waals surface area contributed by atoms with E-state index in [4.69, 9.17) is 0 Å². The molecule has 0 amide bonds. The topological polar surface area (TPSA) is 12.0 Å². The number of hydrogen-bond donors (Lipinski definition) is 1. The molecule has 0 aromatic carbocycles. The second-order valence-corrected chi connectivity index (χ2v) is 4.51. The fourth-order valence-electron chi connectivity index (χ4n) is 1.91. The van der Waals surface area contributed by atoms with Crippen LogP contribution < -0.4 is 5.32 Å². The van der Waals surface area contributed by atoms with Gasteiger partial charge in [0.2, 0.25) is 0 Å². The molecular weight excluding hydrogens is 166 g/mol. The summed E-state index contributed by atoms with van der Waals surface area (Å²) >= 11 is 1.94. The first kappa shape index (κ1) is 8.27. The first-order valence-corrected chi connectivity index (χ1v) is 5.42. The maximum atomic E-state index is 3.37. The van der Waals surface area contributed by atoms with E-state index < -0.39 is 0 Å². The molecule has 0 saturated heterocycles. The SMILES string of the molecule is CNC1CCc2scc(C)c2C1. The molecule has 2 rings (SSSR count). The molecule has 0 saturated carbocycles. The lowest BCUT2D eigenvalue weighted by molar-refractivity contribution is 0.499. The maximum absolute atomic E-state index is 3.37. The summed E-state index contributed by atoms with van der Waals surface area (Å²) in [5.41, 5.74) is 3.11. The normalized spacial score (nSPS) is 22.3. The number of nitrogens with one attached hydrogen (secondary N) is 1. The zero-order chi connectivity index (χ0) is 8.55. The van der Waals surface area contributed by atoms with Crippen molar-refractivity contribution in [2.45, 2.75) is 32.2 Å². The smallest absolute Gasteiger partial charge is 0.0108 e. The highest BCUT2D eigenvalue weighted by molar-refractivity contribution is 7.10. The Labute approximate surface area is 77.8 Å². The first-order valence-electron chi connectivity index (χ1n) is 4.54. The predicted molar refractivity (Wildman–Crippen MR) is 53.9 cm³/mol. The minimum atomic E-state index is 0.714. The molecule has 1 aromatic rings. The van der Waals surface area contributed by atoms with Crippen molar-refractivity contribution in [1.82, 2.24) is 5.32 Å². The molecule has 2 heteroatoms. The predicted octanol–water partition coefficient (Wildman–Crippen LogP) is 2.13. The summed E-state index contributed by atoms with van der Waals surface area (Å²) in [5, 5.41) is 5.66. The van der Waals surface area contributed by atoms with Crippen molar-refractivity contribution < 1.29 is 0 Å². The van der Waals surface area contributed by atoms with Gasteiger partial charge < -0.3 is 5.32 Å². The third-order valence-corrected chi connectivity index (χ3v) is 3.98. The van der Waals surface area contributed by atoms with E-state index in [1.807, 2.05) is 11.3 Å². The van der Waals surface area contributed by atoms with Gasteiger partial charge in [-0.3, -0.25) is 0 Å². The van der Waals surface area contributed by atoms with Crippen molar-refractivity contribution in [2.75, 3.05) is 7.05 Å². The molecule has 1 atom stereocenters. The summed E-state index contributed by atoms with van der Waals surface area (Å²) in [6.45, 7) is 2.23. The Hall–Kier alpha value is -0.340. The largest absolute Gasteiger partial charge is 0.317 e. The highest BCUT2D eigenvalue weighted by Gasteiger charge is 2.19. The van der Waals surface area contributed by atoms with Gasteiger partial charge in [-0.2, -0.15) is 0 Å². The van der Waals surface area contributed by atoms with E-state index in [0.717, 1.165) is 0 Å². The van der Waals surface area contributed by atoms with Crippen LogP contribution in [-0.2, 0) is 12.8 Å². The number of fused-ring (bicyclic) bond motifs is 1. The van der Waals surface area contributed by atoms with E-state index >= 15 is 0 Å². The van der Waals surface area contributed by atoms with Crippen LogP contribution in [0.2, 0.25) is 0 Å². The van der Waals surface area contributed by atoms with Crippen LogP contribution in [0.5, 0.6) is 0 Å². The lowest BCUT2D eigenvalue weighted by Gasteiger charge is -2.22. The molecule has 1 aliphatic carbocycles. The monoisotopic (exact) mass is 181 g/mol. The van der Waals surface area contributed by atoms with Gasteiger partial charge in [-0.1, -0.05) is 0 Å². The van der Waals surface area contributed by atoms with Crippen molar-refractivity contribution in [2.24, 2.45) is 0 Å². The standard InChI is InChI=1S/C10H15NS/c1-7-6-12-10-4-3-8(11-2)5-9(7)10/h6,8,11H,3-5H2,1-2H3. The van der Waals surface area contributed by atoms with Gasteiger partial charge >= 0.3 is 0 Å². The van der Waals surface area contributed by atoms with Crippen LogP contribution in [0, 0.1) is 6.92 Å². The summed E-state index contributed by atoms with van der Waals surface area (Å²) in [7, 11) is 2.07. The van der Waals surface area contributed by atoms with Crippen molar-refractivity contribution >= 4 is 11.3 Å². The molecule has 0 spiro atoms. The number of thiophene rings is 1. The van der Waals surface area contributed by atoms with Crippen LogP contribution in [0.25, 0.3) is 0 Å². The maximum Gasteiger partial charge on any atom is 0.0108 e. The van der Waals surface area contributed by atoms with Crippen LogP contribution in [0.1, 0.15) is 22.4 Å². The van der Waals surface area contributed by atoms with Crippen LogP contribution >= 0.6 is 11.3 Å². The molecule has 0 bridgehead atoms. The van der Waals surface area contributed by atoms with Crippen LogP contribution in [0.3, 0.4) is 0 Å². The van der Waals surface area contributed by atoms with E-state index in [9.17, 15) is 0 Å². The van der Waals surface area contributed by atoms with Crippen molar-refractivity contribution in [3.8, 4) is 0 Å². The molecule has 0 fully saturated rings. The summed E-state index contributed by atoms with van der Waals surface area (Å²) in [6, 6.07) is 0.714. The average Bonchev–Trinajstić information content (AvgIpc) is 2.47. The van der Waals surface area contributed by atoms with Crippen molar-refractivity contribution in [3.63, 3.8) is 0 Å². The molecule has 0 radical (unpaired) electrons. The molecule has 66 valence electrons. The molecular formula is C10H15NS. The zero-order valence-corrected chi connectivity index (χ0v) is 8.50. The minimum Gasteiger partial charge on any atom is -0.317 e. The van der Waals surface area contributed by atoms with E-state index in [1.54, 1.807) is 10.4 Å². The highest BCUT2D eigenvalue weighted by Crippen LogP contribution is 2.29. The number of aryl methyl sites for hydroxylation is 2. The molecule has 1 unspecified atom stereocenters. The summed E-state index contributed by atoms with van der Waals surface area (Å²) < 4.78 is 0. The second kappa shape index (κ2) is 3.19. The molecule has 1 aromatic heterocycles. The number of likely N-dealkylation sites (N-methyl/N-ethyl adjacent to an activating group) is 1. The van der Waals surface area contributed by atoms with Crippen LogP contribution in [-0.4, -0.2) is 13.1 Å². The Balaban J connectivity index is 2.26. The van der Waals surface area contributed by atoms with E-state index in [-0.39, 0.29) is 0 Å². The second-order valence-electron chi connectivity index (χ2n) is 3.55. The molecule has 1 heterocycles. The Morgan fingerprint density at radius 3 is 3.17 bits per heavy atom. The summed E-state index contributed by atoms with van der Waals surface area (Å²) in [4.78, 5) is 1.62. The van der Waals surface area contributed by atoms with Gasteiger partial charge in [0.25, 0.3) is 0 Å². The quantitative estimate of drug-likeness (QED) is 0.700. The molecule has 1 N–H and O–H groups in total. The lowest BCUT2D eigenvalue weighted by Crippen LogP contribution is -2.31. The zero-order valence-electron chi connectivity index (χ0n) is 7.68. The Bertz CT molecular complexity index is 277. The third kappa shape index (κ3) is 1.29. The first-order chi connectivity index (χ1) is 5.81. The van der Waals surface area contributed by atoms with E-state index in [2.05, 4.69) is 24.7 Å². The van der Waals surface area contributed by atoms with Gasteiger partial charge in [0.15, 0.2) is 0 Å². The van der Waals surface area contributed by atoms with Crippen molar-refractivity contribution in [1.29, 1.82) is 0 Å². The summed E-state index contributed by atoms with van der Waals surface area (Å²) in [6.07, 6.45) is 3.82. The van der Waals surface area contributed by atoms with Gasteiger partial charge in [-0.05, 0) is 49.7 Å². The van der Waals surface area contributed by atoms with Crippen molar-refractivity contribution in [3.05, 3.63) is 21.4 Å². The van der Waals surface area contributed by atoms with Crippen LogP contribution in [0.4, 0.5) is 0 Å².